The third kappa shape index (κ3) is 5.89. The minimum absolute atomic E-state index is 0.159. The summed E-state index contributed by atoms with van der Waals surface area (Å²) in [6, 6.07) is 26.4. The fraction of sp³-hybridized carbons (Fsp3) is 0.188. The van der Waals surface area contributed by atoms with Gasteiger partial charge in [-0.1, -0.05) is 41.6 Å². The van der Waals surface area contributed by atoms with Gasteiger partial charge in [0.25, 0.3) is 17.4 Å². The smallest absolute Gasteiger partial charge is 0.262 e. The highest BCUT2D eigenvalue weighted by Gasteiger charge is 2.23. The molecule has 1 unspecified atom stereocenters. The number of fused-ring (bicyclic) bond motifs is 1. The summed E-state index contributed by atoms with van der Waals surface area (Å²) in [4.78, 5) is 32.7. The van der Waals surface area contributed by atoms with E-state index in [4.69, 9.17) is 14.0 Å². The van der Waals surface area contributed by atoms with E-state index in [1.165, 1.54) is 5.56 Å². The average Bonchev–Trinajstić information content (AvgIpc) is 3.50. The Labute approximate surface area is 236 Å². The summed E-state index contributed by atoms with van der Waals surface area (Å²) < 4.78 is 16.3. The Morgan fingerprint density at radius 1 is 1.02 bits per heavy atom. The predicted molar refractivity (Wildman–Crippen MR) is 154 cm³/mol. The maximum Gasteiger partial charge on any atom is 0.262 e. The molecule has 206 valence electrons. The van der Waals surface area contributed by atoms with Crippen LogP contribution in [0.3, 0.4) is 0 Å². The molecule has 9 heteroatoms. The Hall–Kier alpha value is -5.18. The molecule has 41 heavy (non-hydrogen) atoms. The van der Waals surface area contributed by atoms with Gasteiger partial charge in [-0.25, -0.2) is 0 Å². The number of pyridine rings is 1. The van der Waals surface area contributed by atoms with E-state index in [0.717, 1.165) is 30.5 Å². The summed E-state index contributed by atoms with van der Waals surface area (Å²) in [5.41, 5.74) is 4.81. The number of amides is 1. The number of benzene rings is 3. The van der Waals surface area contributed by atoms with Crippen molar-refractivity contribution in [2.24, 2.45) is 0 Å². The second-order valence-corrected chi connectivity index (χ2v) is 9.88. The zero-order valence-electron chi connectivity index (χ0n) is 22.4. The van der Waals surface area contributed by atoms with Crippen LogP contribution in [0.4, 0.5) is 5.69 Å². The summed E-state index contributed by atoms with van der Waals surface area (Å²) in [6.07, 6.45) is 2.65. The summed E-state index contributed by atoms with van der Waals surface area (Å²) in [6.45, 7) is -0.159. The number of aryl methyl sites for hydroxylation is 1. The van der Waals surface area contributed by atoms with E-state index in [-0.39, 0.29) is 29.8 Å². The van der Waals surface area contributed by atoms with Crippen LogP contribution in [-0.2, 0) is 17.6 Å². The van der Waals surface area contributed by atoms with Gasteiger partial charge in [0.2, 0.25) is 5.82 Å². The van der Waals surface area contributed by atoms with Crippen molar-refractivity contribution < 1.29 is 18.8 Å². The molecule has 0 saturated carbocycles. The summed E-state index contributed by atoms with van der Waals surface area (Å²) in [7, 11) is 1.57. The molecule has 1 amide bonds. The molecule has 9 nitrogen and oxygen atoms in total. The van der Waals surface area contributed by atoms with E-state index in [9.17, 15) is 9.59 Å². The molecular formula is C32H28N4O5. The fourth-order valence-corrected chi connectivity index (χ4v) is 5.07. The van der Waals surface area contributed by atoms with Crippen LogP contribution >= 0.6 is 0 Å². The number of carbonyl (C=O) groups is 1. The molecule has 0 bridgehead atoms. The van der Waals surface area contributed by atoms with E-state index >= 15 is 0 Å². The van der Waals surface area contributed by atoms with Crippen LogP contribution in [0, 0.1) is 0 Å². The lowest BCUT2D eigenvalue weighted by Gasteiger charge is -2.24. The van der Waals surface area contributed by atoms with Crippen molar-refractivity contribution in [3.05, 3.63) is 112 Å². The third-order valence-corrected chi connectivity index (χ3v) is 7.19. The number of rotatable bonds is 8. The van der Waals surface area contributed by atoms with Crippen molar-refractivity contribution in [2.45, 2.75) is 25.2 Å². The second kappa shape index (κ2) is 11.5. The van der Waals surface area contributed by atoms with E-state index in [1.54, 1.807) is 55.6 Å². The largest absolute Gasteiger partial charge is 0.497 e. The molecule has 2 aromatic heterocycles. The quantitative estimate of drug-likeness (QED) is 0.267. The van der Waals surface area contributed by atoms with Crippen LogP contribution in [0.1, 0.15) is 29.2 Å². The lowest BCUT2D eigenvalue weighted by atomic mass is 9.82. The molecule has 1 aliphatic carbocycles. The van der Waals surface area contributed by atoms with Gasteiger partial charge in [-0.2, -0.15) is 4.98 Å². The van der Waals surface area contributed by atoms with Gasteiger partial charge in [0, 0.05) is 23.0 Å². The monoisotopic (exact) mass is 548 g/mol. The number of aromatic nitrogens is 3. The number of aromatic amines is 1. The van der Waals surface area contributed by atoms with Gasteiger partial charge in [0.05, 0.1) is 12.7 Å². The minimum Gasteiger partial charge on any atom is -0.497 e. The van der Waals surface area contributed by atoms with Crippen molar-refractivity contribution >= 4 is 11.6 Å². The highest BCUT2D eigenvalue weighted by Crippen LogP contribution is 2.33. The summed E-state index contributed by atoms with van der Waals surface area (Å²) in [5, 5.41) is 6.86. The Balaban J connectivity index is 1.11. The highest BCUT2D eigenvalue weighted by atomic mass is 16.5. The molecule has 2 heterocycles. The minimum atomic E-state index is -0.297. The lowest BCUT2D eigenvalue weighted by Crippen LogP contribution is -2.20. The molecular weight excluding hydrogens is 520 g/mol. The van der Waals surface area contributed by atoms with Gasteiger partial charge >= 0.3 is 0 Å². The predicted octanol–water partition coefficient (Wildman–Crippen LogP) is 5.39. The number of carbonyl (C=O) groups excluding carboxylic acids is 1. The van der Waals surface area contributed by atoms with Crippen LogP contribution in [0.15, 0.2) is 94.2 Å². The molecule has 6 rings (SSSR count). The van der Waals surface area contributed by atoms with E-state index in [2.05, 4.69) is 44.7 Å². The molecule has 0 spiro atoms. The van der Waals surface area contributed by atoms with Crippen molar-refractivity contribution in [2.75, 3.05) is 19.0 Å². The maximum absolute atomic E-state index is 12.9. The summed E-state index contributed by atoms with van der Waals surface area (Å²) >= 11 is 0. The topological polar surface area (TPSA) is 119 Å². The third-order valence-electron chi connectivity index (χ3n) is 7.19. The summed E-state index contributed by atoms with van der Waals surface area (Å²) in [5.74, 6) is 1.78. The number of H-pyrrole nitrogens is 1. The van der Waals surface area contributed by atoms with E-state index in [0.29, 0.717) is 34.2 Å². The van der Waals surface area contributed by atoms with Gasteiger partial charge in [-0.05, 0) is 78.8 Å². The zero-order chi connectivity index (χ0) is 28.2. The fourth-order valence-electron chi connectivity index (χ4n) is 5.07. The molecule has 0 fully saturated rings. The molecule has 5 aromatic rings. The Kier molecular flexibility index (Phi) is 7.32. The normalized spacial score (nSPS) is 14.2. The highest BCUT2D eigenvalue weighted by molar-refractivity contribution is 5.92. The lowest BCUT2D eigenvalue weighted by molar-refractivity contribution is -0.118. The Bertz CT molecular complexity index is 1730. The van der Waals surface area contributed by atoms with Crippen LogP contribution < -0.4 is 20.3 Å². The number of ether oxygens (including phenoxy) is 2. The maximum atomic E-state index is 12.9. The molecule has 3 aromatic carbocycles. The number of methoxy groups -OCH3 is 1. The zero-order valence-corrected chi connectivity index (χ0v) is 22.4. The second-order valence-electron chi connectivity index (χ2n) is 9.88. The van der Waals surface area contributed by atoms with Crippen LogP contribution in [0.25, 0.3) is 22.8 Å². The van der Waals surface area contributed by atoms with Crippen molar-refractivity contribution in [1.29, 1.82) is 0 Å². The number of nitrogens with one attached hydrogen (secondary N) is 2. The van der Waals surface area contributed by atoms with Gasteiger partial charge < -0.3 is 24.3 Å². The number of hydrogen-bond donors (Lipinski definition) is 2. The first-order valence-corrected chi connectivity index (χ1v) is 13.4. The SMILES string of the molecule is COc1cccc(NC(=O)COc2ccc(-c3nc(-c4cc5c([nH]c4=O)CCC(c4ccccc4)C5)no3)cc2)c1. The Morgan fingerprint density at radius 2 is 1.85 bits per heavy atom. The molecule has 0 saturated heterocycles. The van der Waals surface area contributed by atoms with Gasteiger partial charge in [-0.15, -0.1) is 0 Å². The van der Waals surface area contributed by atoms with E-state index < -0.39 is 0 Å². The van der Waals surface area contributed by atoms with E-state index in [1.807, 2.05) is 12.1 Å². The molecule has 0 aliphatic heterocycles. The molecule has 2 N–H and O–H groups in total. The van der Waals surface area contributed by atoms with Gasteiger partial charge in [0.15, 0.2) is 6.61 Å². The van der Waals surface area contributed by atoms with Crippen LogP contribution in [0.2, 0.25) is 0 Å². The first-order valence-electron chi connectivity index (χ1n) is 13.4. The molecule has 1 aliphatic rings. The average molecular weight is 549 g/mol. The van der Waals surface area contributed by atoms with Crippen LogP contribution in [-0.4, -0.2) is 34.7 Å². The number of hydrogen-bond acceptors (Lipinski definition) is 7. The van der Waals surface area contributed by atoms with Gasteiger partial charge in [-0.3, -0.25) is 9.59 Å². The first kappa shape index (κ1) is 26.1. The number of anilines is 1. The first-order chi connectivity index (χ1) is 20.1. The molecule has 1 atom stereocenters. The van der Waals surface area contributed by atoms with Crippen molar-refractivity contribution in [1.82, 2.24) is 15.1 Å². The Morgan fingerprint density at radius 3 is 2.66 bits per heavy atom. The van der Waals surface area contributed by atoms with Crippen molar-refractivity contribution in [3.8, 4) is 34.3 Å². The number of nitrogens with zero attached hydrogens (tertiary/aromatic N) is 2. The van der Waals surface area contributed by atoms with Crippen LogP contribution in [0.5, 0.6) is 11.5 Å². The molecule has 0 radical (unpaired) electrons. The van der Waals surface area contributed by atoms with Crippen molar-refractivity contribution in [3.63, 3.8) is 0 Å². The van der Waals surface area contributed by atoms with Gasteiger partial charge in [0.1, 0.15) is 11.5 Å². The standard InChI is InChI=1S/C32H28N4O5/c1-39-26-9-5-8-24(18-26)33-29(37)19-40-25-13-10-21(11-14-25)32-35-30(36-41-32)27-17-23-16-22(20-6-3-2-4-7-20)12-15-28(23)34-31(27)38/h2-11,13-14,17-18,22H,12,15-16,19H2,1H3,(H,33,37)(H,34,38).